The Labute approximate surface area is 173 Å². The molecule has 4 heterocycles. The van der Waals surface area contributed by atoms with Crippen LogP contribution in [0.3, 0.4) is 0 Å². The van der Waals surface area contributed by atoms with Crippen molar-refractivity contribution in [3.8, 4) is 11.3 Å². The van der Waals surface area contributed by atoms with E-state index in [1.165, 1.54) is 23.7 Å². The lowest BCUT2D eigenvalue weighted by molar-refractivity contribution is 0.177. The summed E-state index contributed by atoms with van der Waals surface area (Å²) in [5.74, 6) is -0.585. The van der Waals surface area contributed by atoms with Crippen LogP contribution >= 0.6 is 23.1 Å². The molecule has 2 N–H and O–H groups in total. The fourth-order valence-electron chi connectivity index (χ4n) is 4.19. The third-order valence-electron chi connectivity index (χ3n) is 5.44. The summed E-state index contributed by atoms with van der Waals surface area (Å²) in [5, 5.41) is 11.3. The number of aromatic amines is 1. The van der Waals surface area contributed by atoms with E-state index in [0.717, 1.165) is 18.4 Å². The van der Waals surface area contributed by atoms with E-state index in [2.05, 4.69) is 19.9 Å². The maximum Gasteiger partial charge on any atom is 0.322 e. The fraction of sp³-hybridized carbons (Fsp3) is 0.263. The molecule has 2 atom stereocenters. The standard InChI is InChI=1S/C19H15ClFN5O2S/c20-12-8-15(13(21)7-11(12)14-3-4-29-25-14)22-19(28)26-10-1-2-16(26)18-9(5-10)6-17(27)23-24-18/h3-4,6-8,10,16H,1-2,5H2,(H,22,28)(H,23,27)/t10-,16+/m0/s1. The molecule has 148 valence electrons. The Kier molecular flexibility index (Phi) is 4.36. The first-order valence-electron chi connectivity index (χ1n) is 9.09. The molecule has 0 unspecified atom stereocenters. The van der Waals surface area contributed by atoms with Gasteiger partial charge in [-0.15, -0.1) is 0 Å². The number of urea groups is 1. The van der Waals surface area contributed by atoms with E-state index in [-0.39, 0.29) is 23.3 Å². The van der Waals surface area contributed by atoms with Gasteiger partial charge in [-0.1, -0.05) is 11.6 Å². The Morgan fingerprint density at radius 1 is 1.34 bits per heavy atom. The van der Waals surface area contributed by atoms with E-state index in [0.29, 0.717) is 28.4 Å². The van der Waals surface area contributed by atoms with Gasteiger partial charge in [0, 0.05) is 23.1 Å². The van der Waals surface area contributed by atoms with Crippen molar-refractivity contribution in [2.24, 2.45) is 0 Å². The van der Waals surface area contributed by atoms with Crippen molar-refractivity contribution in [2.45, 2.75) is 31.3 Å². The molecule has 1 fully saturated rings. The van der Waals surface area contributed by atoms with Crippen LogP contribution in [0.2, 0.25) is 5.02 Å². The first-order valence-corrected chi connectivity index (χ1v) is 10.3. The molecule has 1 aromatic carbocycles. The molecule has 3 aromatic rings. The lowest BCUT2D eigenvalue weighted by Gasteiger charge is -2.35. The van der Waals surface area contributed by atoms with E-state index in [9.17, 15) is 14.0 Å². The average Bonchev–Trinajstić information content (AvgIpc) is 3.32. The molecule has 0 spiro atoms. The summed E-state index contributed by atoms with van der Waals surface area (Å²) in [6, 6.07) is 5.27. The van der Waals surface area contributed by atoms with Crippen molar-refractivity contribution in [1.29, 1.82) is 0 Å². The van der Waals surface area contributed by atoms with Crippen LogP contribution < -0.4 is 10.9 Å². The molecule has 2 amide bonds. The normalized spacial score (nSPS) is 19.9. The second-order valence-electron chi connectivity index (χ2n) is 7.13. The molecule has 2 aromatic heterocycles. The van der Waals surface area contributed by atoms with Crippen LogP contribution in [0.1, 0.15) is 30.1 Å². The Morgan fingerprint density at radius 2 is 2.21 bits per heavy atom. The largest absolute Gasteiger partial charge is 0.322 e. The lowest BCUT2D eigenvalue weighted by Crippen LogP contribution is -2.45. The molecule has 7 nitrogen and oxygen atoms in total. The monoisotopic (exact) mass is 431 g/mol. The Balaban J connectivity index is 1.42. The first kappa shape index (κ1) is 18.3. The van der Waals surface area contributed by atoms with Crippen LogP contribution in [0.4, 0.5) is 14.9 Å². The third kappa shape index (κ3) is 3.10. The van der Waals surface area contributed by atoms with Crippen LogP contribution in [0.25, 0.3) is 11.3 Å². The summed E-state index contributed by atoms with van der Waals surface area (Å²) in [5.41, 5.74) is 2.39. The van der Waals surface area contributed by atoms with E-state index in [4.69, 9.17) is 11.6 Å². The van der Waals surface area contributed by atoms with Crippen molar-refractivity contribution in [3.63, 3.8) is 0 Å². The number of anilines is 1. The number of H-pyrrole nitrogens is 1. The second kappa shape index (κ2) is 6.93. The Morgan fingerprint density at radius 3 is 3.00 bits per heavy atom. The van der Waals surface area contributed by atoms with Crippen LogP contribution in [0, 0.1) is 5.82 Å². The van der Waals surface area contributed by atoms with Crippen molar-refractivity contribution in [3.05, 3.63) is 62.1 Å². The van der Waals surface area contributed by atoms with Crippen LogP contribution in [-0.4, -0.2) is 31.5 Å². The highest BCUT2D eigenvalue weighted by molar-refractivity contribution is 7.03. The van der Waals surface area contributed by atoms with Gasteiger partial charge in [0.1, 0.15) is 5.82 Å². The number of nitrogens with zero attached hydrogens (tertiary/aromatic N) is 3. The number of hydrogen-bond donors (Lipinski definition) is 2. The molecule has 2 aliphatic rings. The van der Waals surface area contributed by atoms with E-state index in [1.807, 2.05) is 0 Å². The number of aromatic nitrogens is 3. The third-order valence-corrected chi connectivity index (χ3v) is 6.31. The zero-order valence-electron chi connectivity index (χ0n) is 15.0. The lowest BCUT2D eigenvalue weighted by atomic mass is 9.99. The van der Waals surface area contributed by atoms with Crippen LogP contribution in [0.5, 0.6) is 0 Å². The van der Waals surface area contributed by atoms with Gasteiger partial charge in [0.15, 0.2) is 0 Å². The van der Waals surface area contributed by atoms with Crippen LogP contribution in [0.15, 0.2) is 34.4 Å². The molecule has 0 aliphatic carbocycles. The minimum absolute atomic E-state index is 0.0126. The molecule has 0 saturated carbocycles. The van der Waals surface area contributed by atoms with Gasteiger partial charge in [0.25, 0.3) is 5.56 Å². The molecule has 29 heavy (non-hydrogen) atoms. The molecular formula is C19H15ClFN5O2S. The maximum atomic E-state index is 14.7. The topological polar surface area (TPSA) is 91.0 Å². The molecular weight excluding hydrogens is 417 g/mol. The van der Waals surface area contributed by atoms with Gasteiger partial charge < -0.3 is 10.2 Å². The molecule has 2 aliphatic heterocycles. The number of benzene rings is 1. The van der Waals surface area contributed by atoms with Gasteiger partial charge in [-0.3, -0.25) is 4.79 Å². The number of amides is 2. The van der Waals surface area contributed by atoms with Crippen molar-refractivity contribution in [1.82, 2.24) is 19.5 Å². The van der Waals surface area contributed by atoms with Crippen molar-refractivity contribution < 1.29 is 9.18 Å². The summed E-state index contributed by atoms with van der Waals surface area (Å²) in [6.07, 6.45) is 2.10. The number of hydrogen-bond acceptors (Lipinski definition) is 5. The second-order valence-corrected chi connectivity index (χ2v) is 8.20. The van der Waals surface area contributed by atoms with Crippen molar-refractivity contribution >= 4 is 34.9 Å². The molecule has 0 radical (unpaired) electrons. The zero-order valence-corrected chi connectivity index (χ0v) is 16.6. The minimum Gasteiger partial charge on any atom is -0.313 e. The number of fused-ring (bicyclic) bond motifs is 4. The number of rotatable bonds is 2. The quantitative estimate of drug-likeness (QED) is 0.642. The molecule has 10 heteroatoms. The predicted molar refractivity (Wildman–Crippen MR) is 108 cm³/mol. The van der Waals surface area contributed by atoms with Gasteiger partial charge in [0.05, 0.1) is 28.1 Å². The zero-order chi connectivity index (χ0) is 20.1. The molecule has 2 bridgehead atoms. The number of halogens is 2. The smallest absolute Gasteiger partial charge is 0.313 e. The summed E-state index contributed by atoms with van der Waals surface area (Å²) >= 11 is 7.55. The summed E-state index contributed by atoms with van der Waals surface area (Å²) in [6.45, 7) is 0. The maximum absolute atomic E-state index is 14.7. The molecule has 1 saturated heterocycles. The van der Waals surface area contributed by atoms with E-state index < -0.39 is 11.8 Å². The number of nitrogens with one attached hydrogen (secondary N) is 2. The van der Waals surface area contributed by atoms with Gasteiger partial charge in [0.2, 0.25) is 0 Å². The van der Waals surface area contributed by atoms with E-state index in [1.54, 1.807) is 22.4 Å². The van der Waals surface area contributed by atoms with Gasteiger partial charge in [-0.05, 0) is 54.6 Å². The highest BCUT2D eigenvalue weighted by atomic mass is 35.5. The minimum atomic E-state index is -0.585. The van der Waals surface area contributed by atoms with E-state index >= 15 is 0 Å². The Bertz CT molecular complexity index is 1170. The molecule has 5 rings (SSSR count). The highest BCUT2D eigenvalue weighted by Crippen LogP contribution is 2.42. The fourth-order valence-corrected chi connectivity index (χ4v) is 4.97. The highest BCUT2D eigenvalue weighted by Gasteiger charge is 2.44. The van der Waals surface area contributed by atoms with Gasteiger partial charge >= 0.3 is 6.03 Å². The SMILES string of the molecule is O=C(Nc1cc(Cl)c(-c2ccsn2)cc1F)N1[C@H]2CC[C@@H]1c1n[nH]c(=O)cc1C2. The summed E-state index contributed by atoms with van der Waals surface area (Å²) in [7, 11) is 0. The summed E-state index contributed by atoms with van der Waals surface area (Å²) in [4.78, 5) is 26.2. The number of carbonyl (C=O) groups is 1. The Hall–Kier alpha value is -2.78. The average molecular weight is 432 g/mol. The van der Waals surface area contributed by atoms with Crippen molar-refractivity contribution in [2.75, 3.05) is 5.32 Å². The predicted octanol–water partition coefficient (Wildman–Crippen LogP) is 3.98. The first-order chi connectivity index (χ1) is 14.0. The summed E-state index contributed by atoms with van der Waals surface area (Å²) < 4.78 is 18.8. The number of carbonyl (C=O) groups excluding carboxylic acids is 1. The van der Waals surface area contributed by atoms with Crippen LogP contribution in [-0.2, 0) is 6.42 Å². The van der Waals surface area contributed by atoms with Gasteiger partial charge in [-0.25, -0.2) is 14.3 Å². The van der Waals surface area contributed by atoms with Gasteiger partial charge in [-0.2, -0.15) is 9.47 Å².